The van der Waals surface area contributed by atoms with Crippen LogP contribution < -0.4 is 5.32 Å². The molecular weight excluding hydrogens is 358 g/mol. The molecule has 0 bridgehead atoms. The van der Waals surface area contributed by atoms with Crippen LogP contribution in [-0.4, -0.2) is 5.91 Å². The van der Waals surface area contributed by atoms with E-state index in [1.54, 1.807) is 29.5 Å². The van der Waals surface area contributed by atoms with Crippen molar-refractivity contribution in [3.63, 3.8) is 0 Å². The fourth-order valence-electron chi connectivity index (χ4n) is 1.93. The monoisotopic (exact) mass is 371 g/mol. The first-order chi connectivity index (χ1) is 9.49. The van der Waals surface area contributed by atoms with Crippen molar-refractivity contribution >= 4 is 44.8 Å². The van der Waals surface area contributed by atoms with E-state index < -0.39 is 0 Å². The van der Waals surface area contributed by atoms with Gasteiger partial charge in [-0.05, 0) is 51.5 Å². The van der Waals surface area contributed by atoms with Gasteiger partial charge < -0.3 is 5.32 Å². The number of rotatable bonds is 4. The van der Waals surface area contributed by atoms with Gasteiger partial charge in [0.15, 0.2) is 0 Å². The van der Waals surface area contributed by atoms with Crippen molar-refractivity contribution in [3.8, 4) is 0 Å². The SMILES string of the molecule is CC(C)C(NC(=O)c1ccc(Cl)cc1Br)c1cccs1. The summed E-state index contributed by atoms with van der Waals surface area (Å²) in [4.78, 5) is 13.6. The average Bonchev–Trinajstić information content (AvgIpc) is 2.88. The lowest BCUT2D eigenvalue weighted by molar-refractivity contribution is 0.0926. The zero-order chi connectivity index (χ0) is 14.7. The first-order valence-electron chi connectivity index (χ1n) is 6.28. The lowest BCUT2D eigenvalue weighted by Crippen LogP contribution is -2.31. The maximum Gasteiger partial charge on any atom is 0.252 e. The predicted molar refractivity (Wildman–Crippen MR) is 88.5 cm³/mol. The molecule has 2 nitrogen and oxygen atoms in total. The van der Waals surface area contributed by atoms with Gasteiger partial charge in [0.25, 0.3) is 5.91 Å². The largest absolute Gasteiger partial charge is 0.344 e. The lowest BCUT2D eigenvalue weighted by Gasteiger charge is -2.21. The minimum atomic E-state index is -0.0966. The molecule has 2 aromatic rings. The number of carbonyl (C=O) groups excluding carboxylic acids is 1. The summed E-state index contributed by atoms with van der Waals surface area (Å²) in [5.41, 5.74) is 0.594. The Morgan fingerprint density at radius 2 is 2.10 bits per heavy atom. The van der Waals surface area contributed by atoms with Gasteiger partial charge in [-0.2, -0.15) is 0 Å². The first-order valence-corrected chi connectivity index (χ1v) is 8.33. The first kappa shape index (κ1) is 15.5. The van der Waals surface area contributed by atoms with E-state index in [9.17, 15) is 4.79 Å². The molecule has 5 heteroatoms. The predicted octanol–water partition coefficient (Wildman–Crippen LogP) is 5.29. The van der Waals surface area contributed by atoms with Gasteiger partial charge in [0.05, 0.1) is 11.6 Å². The maximum absolute atomic E-state index is 12.4. The highest BCUT2D eigenvalue weighted by Gasteiger charge is 2.21. The summed E-state index contributed by atoms with van der Waals surface area (Å²) in [6.07, 6.45) is 0. The van der Waals surface area contributed by atoms with Gasteiger partial charge in [0.2, 0.25) is 0 Å². The van der Waals surface area contributed by atoms with E-state index in [-0.39, 0.29) is 11.9 Å². The molecule has 0 aliphatic heterocycles. The molecule has 0 fully saturated rings. The fraction of sp³-hybridized carbons (Fsp3) is 0.267. The summed E-state index contributed by atoms with van der Waals surface area (Å²) >= 11 is 10.9. The molecule has 1 aromatic carbocycles. The highest BCUT2D eigenvalue weighted by Crippen LogP contribution is 2.27. The lowest BCUT2D eigenvalue weighted by atomic mass is 10.0. The van der Waals surface area contributed by atoms with Crippen molar-refractivity contribution in [2.24, 2.45) is 5.92 Å². The third kappa shape index (κ3) is 3.62. The minimum Gasteiger partial charge on any atom is -0.344 e. The van der Waals surface area contributed by atoms with Crippen LogP contribution in [0.2, 0.25) is 5.02 Å². The average molecular weight is 373 g/mol. The smallest absolute Gasteiger partial charge is 0.252 e. The van der Waals surface area contributed by atoms with Gasteiger partial charge in [0, 0.05) is 14.4 Å². The van der Waals surface area contributed by atoms with Crippen molar-refractivity contribution in [1.82, 2.24) is 5.32 Å². The Kier molecular flexibility index (Phi) is 5.24. The Balaban J connectivity index is 2.21. The number of halogens is 2. The highest BCUT2D eigenvalue weighted by molar-refractivity contribution is 9.10. The summed E-state index contributed by atoms with van der Waals surface area (Å²) in [6, 6.07) is 9.24. The normalized spacial score (nSPS) is 12.4. The zero-order valence-corrected chi connectivity index (χ0v) is 14.3. The van der Waals surface area contributed by atoms with E-state index in [4.69, 9.17) is 11.6 Å². The van der Waals surface area contributed by atoms with Crippen LogP contribution in [0.5, 0.6) is 0 Å². The molecule has 0 saturated heterocycles. The number of hydrogen-bond acceptors (Lipinski definition) is 2. The molecule has 1 amide bonds. The van der Waals surface area contributed by atoms with Crippen LogP contribution in [0.1, 0.15) is 35.1 Å². The summed E-state index contributed by atoms with van der Waals surface area (Å²) in [5, 5.41) is 5.72. The van der Waals surface area contributed by atoms with E-state index in [0.29, 0.717) is 21.0 Å². The van der Waals surface area contributed by atoms with E-state index in [1.165, 1.54) is 4.88 Å². The minimum absolute atomic E-state index is 0.0186. The van der Waals surface area contributed by atoms with E-state index in [2.05, 4.69) is 35.1 Å². The Hall–Kier alpha value is -0.840. The van der Waals surface area contributed by atoms with Gasteiger partial charge in [-0.25, -0.2) is 0 Å². The topological polar surface area (TPSA) is 29.1 Å². The molecule has 2 rings (SSSR count). The number of nitrogens with one attached hydrogen (secondary N) is 1. The highest BCUT2D eigenvalue weighted by atomic mass is 79.9. The van der Waals surface area contributed by atoms with Crippen molar-refractivity contribution < 1.29 is 4.79 Å². The molecule has 20 heavy (non-hydrogen) atoms. The summed E-state index contributed by atoms with van der Waals surface area (Å²) in [5.74, 6) is 0.226. The fourth-order valence-corrected chi connectivity index (χ4v) is 3.74. The third-order valence-corrected chi connectivity index (χ3v) is 4.83. The number of carbonyl (C=O) groups is 1. The van der Waals surface area contributed by atoms with Crippen molar-refractivity contribution in [2.45, 2.75) is 19.9 Å². The second kappa shape index (κ2) is 6.74. The Morgan fingerprint density at radius 1 is 1.35 bits per heavy atom. The quantitative estimate of drug-likeness (QED) is 0.776. The van der Waals surface area contributed by atoms with Gasteiger partial charge in [-0.15, -0.1) is 11.3 Å². The van der Waals surface area contributed by atoms with Crippen LogP contribution in [0.25, 0.3) is 0 Å². The van der Waals surface area contributed by atoms with Crippen molar-refractivity contribution in [3.05, 3.63) is 55.6 Å². The van der Waals surface area contributed by atoms with Gasteiger partial charge in [0.1, 0.15) is 0 Å². The molecule has 0 saturated carbocycles. The molecule has 1 N–H and O–H groups in total. The van der Waals surface area contributed by atoms with Gasteiger partial charge >= 0.3 is 0 Å². The van der Waals surface area contributed by atoms with Crippen LogP contribution in [0, 0.1) is 5.92 Å². The van der Waals surface area contributed by atoms with Crippen LogP contribution in [0.15, 0.2) is 40.2 Å². The van der Waals surface area contributed by atoms with Crippen LogP contribution >= 0.6 is 38.9 Å². The van der Waals surface area contributed by atoms with E-state index in [1.807, 2.05) is 17.5 Å². The molecule has 0 radical (unpaired) electrons. The number of amides is 1. The second-order valence-corrected chi connectivity index (χ2v) is 7.10. The second-order valence-electron chi connectivity index (χ2n) is 4.83. The molecule has 1 atom stereocenters. The van der Waals surface area contributed by atoms with Crippen LogP contribution in [0.4, 0.5) is 0 Å². The van der Waals surface area contributed by atoms with E-state index >= 15 is 0 Å². The molecule has 1 unspecified atom stereocenters. The number of benzene rings is 1. The Bertz CT molecular complexity index is 598. The summed E-state index contributed by atoms with van der Waals surface area (Å²) < 4.78 is 0.705. The standard InChI is InChI=1S/C15H15BrClNOS/c1-9(2)14(13-4-3-7-20-13)18-15(19)11-6-5-10(17)8-12(11)16/h3-9,14H,1-2H3,(H,18,19). The van der Waals surface area contributed by atoms with E-state index in [0.717, 1.165) is 0 Å². The molecule has 0 aliphatic carbocycles. The Morgan fingerprint density at radius 3 is 2.65 bits per heavy atom. The molecular formula is C15H15BrClNOS. The summed E-state index contributed by atoms with van der Waals surface area (Å²) in [6.45, 7) is 4.20. The maximum atomic E-state index is 12.4. The Labute approximate surface area is 136 Å². The van der Waals surface area contributed by atoms with Crippen LogP contribution in [-0.2, 0) is 0 Å². The van der Waals surface area contributed by atoms with Gasteiger partial charge in [-0.1, -0.05) is 31.5 Å². The molecule has 106 valence electrons. The van der Waals surface area contributed by atoms with Crippen molar-refractivity contribution in [2.75, 3.05) is 0 Å². The zero-order valence-electron chi connectivity index (χ0n) is 11.2. The van der Waals surface area contributed by atoms with Gasteiger partial charge in [-0.3, -0.25) is 4.79 Å². The molecule has 0 spiro atoms. The third-order valence-electron chi connectivity index (χ3n) is 2.98. The number of thiophene rings is 1. The molecule has 1 heterocycles. The summed E-state index contributed by atoms with van der Waals surface area (Å²) in [7, 11) is 0. The van der Waals surface area contributed by atoms with Crippen LogP contribution in [0.3, 0.4) is 0 Å². The number of hydrogen-bond donors (Lipinski definition) is 1. The molecule has 1 aromatic heterocycles. The van der Waals surface area contributed by atoms with Crippen molar-refractivity contribution in [1.29, 1.82) is 0 Å². The molecule has 0 aliphatic rings.